The lowest BCUT2D eigenvalue weighted by Crippen LogP contribution is -2.32. The van der Waals surface area contributed by atoms with Crippen LogP contribution in [0.25, 0.3) is 11.2 Å². The third kappa shape index (κ3) is 2.23. The molecule has 0 aliphatic rings. The molecular weight excluding hydrogens is 304 g/mol. The fourth-order valence-corrected chi connectivity index (χ4v) is 2.62. The number of hydrogen-bond donors (Lipinski definition) is 1. The third-order valence-electron chi connectivity index (χ3n) is 3.97. The minimum Gasteiger partial charge on any atom is -0.618 e. The first-order valence-electron chi connectivity index (χ1n) is 6.71. The number of aromatic nitrogens is 5. The summed E-state index contributed by atoms with van der Waals surface area (Å²) in [6.45, 7) is 6.19. The Hall–Kier alpha value is -2.41. The first-order chi connectivity index (χ1) is 10.4. The van der Waals surface area contributed by atoms with E-state index >= 15 is 0 Å². The first kappa shape index (κ1) is 14.5. The van der Waals surface area contributed by atoms with Crippen molar-refractivity contribution in [3.05, 3.63) is 45.3 Å². The van der Waals surface area contributed by atoms with Gasteiger partial charge in [-0.25, -0.2) is 4.98 Å². The summed E-state index contributed by atoms with van der Waals surface area (Å²) in [5, 5.41) is 12.2. The van der Waals surface area contributed by atoms with Gasteiger partial charge in [0.05, 0.1) is 12.9 Å². The van der Waals surface area contributed by atoms with Gasteiger partial charge in [-0.1, -0.05) is 11.6 Å². The summed E-state index contributed by atoms with van der Waals surface area (Å²) >= 11 is 6.02. The van der Waals surface area contributed by atoms with Crippen molar-refractivity contribution in [2.75, 3.05) is 5.73 Å². The molecule has 0 radical (unpaired) electrons. The summed E-state index contributed by atoms with van der Waals surface area (Å²) < 4.78 is 2.68. The molecule has 3 rings (SSSR count). The Morgan fingerprint density at radius 3 is 2.73 bits per heavy atom. The highest BCUT2D eigenvalue weighted by molar-refractivity contribution is 6.33. The van der Waals surface area contributed by atoms with E-state index in [1.807, 2.05) is 13.8 Å². The summed E-state index contributed by atoms with van der Waals surface area (Å²) in [6, 6.07) is 0. The number of rotatable bonds is 2. The predicted octanol–water partition coefficient (Wildman–Crippen LogP) is 1.67. The molecular formula is C14H15ClN6O. The van der Waals surface area contributed by atoms with Crippen LogP contribution in [0.15, 0.2) is 12.5 Å². The summed E-state index contributed by atoms with van der Waals surface area (Å²) in [4.78, 5) is 12.3. The lowest BCUT2D eigenvalue weighted by atomic mass is 10.0. The van der Waals surface area contributed by atoms with Crippen LogP contribution in [0.2, 0.25) is 5.15 Å². The Labute approximate surface area is 132 Å². The van der Waals surface area contributed by atoms with E-state index in [2.05, 4.69) is 15.0 Å². The molecule has 0 spiro atoms. The van der Waals surface area contributed by atoms with E-state index in [9.17, 15) is 5.21 Å². The predicted molar refractivity (Wildman–Crippen MR) is 83.5 cm³/mol. The van der Waals surface area contributed by atoms with E-state index in [1.54, 1.807) is 24.0 Å². The number of nitrogens with zero attached hydrogens (tertiary/aromatic N) is 5. The fourth-order valence-electron chi connectivity index (χ4n) is 2.40. The van der Waals surface area contributed by atoms with E-state index in [1.165, 1.54) is 0 Å². The van der Waals surface area contributed by atoms with Gasteiger partial charge in [0, 0.05) is 18.1 Å². The molecule has 3 heterocycles. The molecule has 114 valence electrons. The largest absolute Gasteiger partial charge is 0.618 e. The summed E-state index contributed by atoms with van der Waals surface area (Å²) in [6.07, 6.45) is 3.20. The van der Waals surface area contributed by atoms with Crippen LogP contribution in [0, 0.1) is 26.0 Å². The molecule has 0 aliphatic carbocycles. The summed E-state index contributed by atoms with van der Waals surface area (Å²) in [7, 11) is 0. The third-order valence-corrected chi connectivity index (χ3v) is 4.23. The van der Waals surface area contributed by atoms with Gasteiger partial charge in [0.2, 0.25) is 5.95 Å². The molecule has 0 atom stereocenters. The van der Waals surface area contributed by atoms with Crippen molar-refractivity contribution in [1.29, 1.82) is 0 Å². The Balaban J connectivity index is 2.12. The van der Waals surface area contributed by atoms with Crippen LogP contribution in [-0.4, -0.2) is 19.5 Å². The second-order valence-electron chi connectivity index (χ2n) is 5.23. The molecule has 22 heavy (non-hydrogen) atoms. The average molecular weight is 319 g/mol. The SMILES string of the molecule is Cc1c(Cn2cnc3c(Cl)nc(N)nc32)c[n+]([O-])c(C)c1C. The van der Waals surface area contributed by atoms with Crippen molar-refractivity contribution >= 4 is 28.7 Å². The molecule has 7 nitrogen and oxygen atoms in total. The van der Waals surface area contributed by atoms with Crippen molar-refractivity contribution in [3.63, 3.8) is 0 Å². The van der Waals surface area contributed by atoms with Crippen molar-refractivity contribution in [2.24, 2.45) is 0 Å². The number of pyridine rings is 1. The quantitative estimate of drug-likeness (QED) is 0.440. The van der Waals surface area contributed by atoms with E-state index in [0.717, 1.165) is 21.4 Å². The van der Waals surface area contributed by atoms with Gasteiger partial charge in [-0.3, -0.25) is 0 Å². The molecule has 8 heteroatoms. The first-order valence-corrected chi connectivity index (χ1v) is 7.09. The van der Waals surface area contributed by atoms with Gasteiger partial charge in [-0.15, -0.1) is 0 Å². The molecule has 0 aliphatic heterocycles. The Bertz CT molecular complexity index is 889. The van der Waals surface area contributed by atoms with Gasteiger partial charge in [-0.05, 0) is 19.4 Å². The van der Waals surface area contributed by atoms with Crippen molar-refractivity contribution in [1.82, 2.24) is 19.5 Å². The number of fused-ring (bicyclic) bond motifs is 1. The number of nitrogen functional groups attached to an aromatic ring is 1. The zero-order valence-electron chi connectivity index (χ0n) is 12.5. The Morgan fingerprint density at radius 2 is 2.00 bits per heavy atom. The van der Waals surface area contributed by atoms with Crippen molar-refractivity contribution in [2.45, 2.75) is 27.3 Å². The minimum atomic E-state index is 0.0925. The zero-order valence-corrected chi connectivity index (χ0v) is 13.2. The lowest BCUT2D eigenvalue weighted by Gasteiger charge is -2.12. The Morgan fingerprint density at radius 1 is 1.27 bits per heavy atom. The molecule has 2 N–H and O–H groups in total. The van der Waals surface area contributed by atoms with E-state index < -0.39 is 0 Å². The zero-order chi connectivity index (χ0) is 16.0. The summed E-state index contributed by atoms with van der Waals surface area (Å²) in [5.74, 6) is 0.0925. The normalized spacial score (nSPS) is 11.3. The number of nitrogens with two attached hydrogens (primary N) is 1. The number of anilines is 1. The average Bonchev–Trinajstić information content (AvgIpc) is 2.86. The van der Waals surface area contributed by atoms with Crippen LogP contribution < -0.4 is 10.5 Å². The van der Waals surface area contributed by atoms with Gasteiger partial charge in [0.15, 0.2) is 22.7 Å². The van der Waals surface area contributed by atoms with Crippen LogP contribution in [-0.2, 0) is 6.54 Å². The van der Waals surface area contributed by atoms with Crippen LogP contribution in [0.3, 0.4) is 0 Å². The fraction of sp³-hybridized carbons (Fsp3) is 0.286. The highest BCUT2D eigenvalue weighted by Gasteiger charge is 2.16. The molecule has 0 aromatic carbocycles. The van der Waals surface area contributed by atoms with Crippen LogP contribution in [0.5, 0.6) is 0 Å². The molecule has 0 saturated heterocycles. The maximum absolute atomic E-state index is 11.9. The lowest BCUT2D eigenvalue weighted by molar-refractivity contribution is -0.613. The maximum atomic E-state index is 11.9. The van der Waals surface area contributed by atoms with E-state index in [-0.39, 0.29) is 11.1 Å². The van der Waals surface area contributed by atoms with Crippen molar-refractivity contribution < 1.29 is 4.73 Å². The number of hydrogen-bond acceptors (Lipinski definition) is 5. The monoisotopic (exact) mass is 318 g/mol. The molecule has 0 unspecified atom stereocenters. The van der Waals surface area contributed by atoms with Crippen LogP contribution >= 0.6 is 11.6 Å². The van der Waals surface area contributed by atoms with Crippen molar-refractivity contribution in [3.8, 4) is 0 Å². The molecule has 0 fully saturated rings. The second kappa shape index (κ2) is 5.10. The van der Waals surface area contributed by atoms with Gasteiger partial charge >= 0.3 is 0 Å². The van der Waals surface area contributed by atoms with E-state index in [0.29, 0.717) is 23.4 Å². The highest BCUT2D eigenvalue weighted by atomic mass is 35.5. The molecule has 3 aromatic heterocycles. The van der Waals surface area contributed by atoms with E-state index in [4.69, 9.17) is 17.3 Å². The smallest absolute Gasteiger partial charge is 0.223 e. The molecule has 0 saturated carbocycles. The van der Waals surface area contributed by atoms with Crippen LogP contribution in [0.4, 0.5) is 5.95 Å². The molecule has 0 amide bonds. The summed E-state index contributed by atoms with van der Waals surface area (Å²) in [5.41, 5.74) is 10.3. The second-order valence-corrected chi connectivity index (χ2v) is 5.59. The molecule has 3 aromatic rings. The van der Waals surface area contributed by atoms with Gasteiger partial charge < -0.3 is 15.5 Å². The van der Waals surface area contributed by atoms with Crippen LogP contribution in [0.1, 0.15) is 22.4 Å². The maximum Gasteiger partial charge on any atom is 0.223 e. The number of imidazole rings is 1. The Kier molecular flexibility index (Phi) is 3.37. The minimum absolute atomic E-state index is 0.0925. The topological polar surface area (TPSA) is 96.6 Å². The van der Waals surface area contributed by atoms with Gasteiger partial charge in [0.25, 0.3) is 0 Å². The number of halogens is 1. The molecule has 0 bridgehead atoms. The van der Waals surface area contributed by atoms with Gasteiger partial charge in [-0.2, -0.15) is 14.7 Å². The van der Waals surface area contributed by atoms with Gasteiger partial charge in [0.1, 0.15) is 5.52 Å². The highest BCUT2D eigenvalue weighted by Crippen LogP contribution is 2.21. The standard InChI is InChI=1S/C14H15ClN6O/c1-7-8(2)10(5-21(22)9(7)3)4-20-6-17-11-12(15)18-14(16)19-13(11)20/h5-6H,4H2,1-3H3,(H2,16,18,19).